The Balaban J connectivity index is 2.15. The lowest BCUT2D eigenvalue weighted by molar-refractivity contribution is 0.0511. The van der Waals surface area contributed by atoms with Crippen molar-refractivity contribution in [2.75, 3.05) is 13.2 Å². The van der Waals surface area contributed by atoms with Crippen molar-refractivity contribution >= 4 is 23.3 Å². The van der Waals surface area contributed by atoms with E-state index in [0.717, 1.165) is 5.56 Å². The van der Waals surface area contributed by atoms with E-state index in [1.54, 1.807) is 31.4 Å². The highest BCUT2D eigenvalue weighted by Crippen LogP contribution is 2.23. The minimum absolute atomic E-state index is 0.239. The fraction of sp³-hybridized carbons (Fsp3) is 0.286. The lowest BCUT2D eigenvalue weighted by atomic mass is 10.2. The molecule has 0 aliphatic rings. The molecule has 7 heteroatoms. The predicted octanol–water partition coefficient (Wildman–Crippen LogP) is 2.56. The summed E-state index contributed by atoms with van der Waals surface area (Å²) in [7, 11) is 0. The number of thiazole rings is 1. The van der Waals surface area contributed by atoms with Crippen LogP contribution in [0.15, 0.2) is 23.7 Å². The third-order valence-corrected chi connectivity index (χ3v) is 3.38. The maximum atomic E-state index is 11.5. The summed E-state index contributed by atoms with van der Waals surface area (Å²) in [6.07, 6.45) is 1.53. The summed E-state index contributed by atoms with van der Waals surface area (Å²) in [6.45, 7) is 4.08. The van der Waals surface area contributed by atoms with Gasteiger partial charge in [0.2, 0.25) is 0 Å². The Morgan fingerprint density at radius 2 is 1.76 bits per heavy atom. The summed E-state index contributed by atoms with van der Waals surface area (Å²) >= 11 is 1.31. The number of pyridine rings is 1. The average Bonchev–Trinajstić information content (AvgIpc) is 2.98. The van der Waals surface area contributed by atoms with Crippen LogP contribution in [0.1, 0.15) is 34.8 Å². The van der Waals surface area contributed by atoms with Crippen molar-refractivity contribution in [1.29, 1.82) is 0 Å². The second kappa shape index (κ2) is 6.94. The molecule has 0 radical (unpaired) electrons. The molecular formula is C14H14N2O4S. The Hall–Kier alpha value is -2.28. The third-order valence-electron chi connectivity index (χ3n) is 2.48. The zero-order valence-electron chi connectivity index (χ0n) is 11.7. The average molecular weight is 306 g/mol. The SMILES string of the molecule is CCOC(=O)c1ccc(-c2nc(C(=O)OCC)cs2)cn1. The van der Waals surface area contributed by atoms with Gasteiger partial charge in [-0.3, -0.25) is 0 Å². The van der Waals surface area contributed by atoms with Crippen molar-refractivity contribution in [3.05, 3.63) is 35.1 Å². The highest BCUT2D eigenvalue weighted by molar-refractivity contribution is 7.13. The van der Waals surface area contributed by atoms with Crippen LogP contribution in [0.5, 0.6) is 0 Å². The van der Waals surface area contributed by atoms with Crippen molar-refractivity contribution in [1.82, 2.24) is 9.97 Å². The molecule has 0 fully saturated rings. The second-order valence-corrected chi connectivity index (χ2v) is 4.77. The molecule has 0 N–H and O–H groups in total. The van der Waals surface area contributed by atoms with Crippen LogP contribution >= 0.6 is 11.3 Å². The fourth-order valence-electron chi connectivity index (χ4n) is 1.55. The standard InChI is InChI=1S/C14H14N2O4S/c1-3-19-13(17)10-6-5-9(7-15-10)12-16-11(8-21-12)14(18)20-4-2/h5-8H,3-4H2,1-2H3. The van der Waals surface area contributed by atoms with Crippen LogP contribution in [-0.2, 0) is 9.47 Å². The molecule has 2 aromatic rings. The number of ether oxygens (including phenoxy) is 2. The molecule has 0 saturated heterocycles. The summed E-state index contributed by atoms with van der Waals surface area (Å²) in [5.74, 6) is -0.911. The van der Waals surface area contributed by atoms with Gasteiger partial charge in [-0.05, 0) is 26.0 Å². The molecule has 0 aliphatic carbocycles. The van der Waals surface area contributed by atoms with Crippen molar-refractivity contribution in [2.45, 2.75) is 13.8 Å². The number of aromatic nitrogens is 2. The smallest absolute Gasteiger partial charge is 0.357 e. The Labute approximate surface area is 125 Å². The molecule has 0 saturated carbocycles. The Morgan fingerprint density at radius 3 is 2.33 bits per heavy atom. The second-order valence-electron chi connectivity index (χ2n) is 3.91. The molecule has 110 valence electrons. The number of nitrogens with zero attached hydrogens (tertiary/aromatic N) is 2. The summed E-state index contributed by atoms with van der Waals surface area (Å²) in [5.41, 5.74) is 1.23. The van der Waals surface area contributed by atoms with E-state index in [2.05, 4.69) is 9.97 Å². The van der Waals surface area contributed by atoms with Gasteiger partial charge in [-0.25, -0.2) is 19.6 Å². The van der Waals surface area contributed by atoms with Gasteiger partial charge in [0.05, 0.1) is 13.2 Å². The summed E-state index contributed by atoms with van der Waals surface area (Å²) in [6, 6.07) is 3.28. The number of rotatable bonds is 5. The van der Waals surface area contributed by atoms with Gasteiger partial charge in [0.15, 0.2) is 5.69 Å². The fourth-order valence-corrected chi connectivity index (χ4v) is 2.33. The quantitative estimate of drug-likeness (QED) is 0.790. The van der Waals surface area contributed by atoms with Gasteiger partial charge >= 0.3 is 11.9 Å². The normalized spacial score (nSPS) is 10.2. The van der Waals surface area contributed by atoms with Crippen LogP contribution in [0.25, 0.3) is 10.6 Å². The molecule has 2 rings (SSSR count). The Kier molecular flexibility index (Phi) is 4.99. The zero-order chi connectivity index (χ0) is 15.2. The van der Waals surface area contributed by atoms with Gasteiger partial charge in [0, 0.05) is 17.1 Å². The minimum Gasteiger partial charge on any atom is -0.461 e. The first-order valence-corrected chi connectivity index (χ1v) is 7.29. The van der Waals surface area contributed by atoms with Gasteiger partial charge in [-0.15, -0.1) is 11.3 Å². The van der Waals surface area contributed by atoms with Gasteiger partial charge in [-0.2, -0.15) is 0 Å². The summed E-state index contributed by atoms with van der Waals surface area (Å²) in [4.78, 5) is 31.3. The number of carbonyl (C=O) groups is 2. The molecule has 2 heterocycles. The molecule has 0 spiro atoms. The van der Waals surface area contributed by atoms with Gasteiger partial charge in [0.25, 0.3) is 0 Å². The van der Waals surface area contributed by atoms with Crippen LogP contribution in [0.3, 0.4) is 0 Å². The maximum Gasteiger partial charge on any atom is 0.357 e. The number of hydrogen-bond acceptors (Lipinski definition) is 7. The molecule has 0 bridgehead atoms. The first kappa shape index (κ1) is 15.1. The molecule has 0 atom stereocenters. The van der Waals surface area contributed by atoms with E-state index in [1.807, 2.05) is 0 Å². The van der Waals surface area contributed by atoms with Crippen LogP contribution < -0.4 is 0 Å². The molecule has 0 unspecified atom stereocenters. The van der Waals surface area contributed by atoms with E-state index >= 15 is 0 Å². The number of carbonyl (C=O) groups excluding carboxylic acids is 2. The van der Waals surface area contributed by atoms with Crippen LogP contribution in [0.2, 0.25) is 0 Å². The lowest BCUT2D eigenvalue weighted by Gasteiger charge is -2.01. The van der Waals surface area contributed by atoms with E-state index in [1.165, 1.54) is 17.5 Å². The minimum atomic E-state index is -0.463. The van der Waals surface area contributed by atoms with Crippen LogP contribution in [0.4, 0.5) is 0 Å². The zero-order valence-corrected chi connectivity index (χ0v) is 12.5. The van der Waals surface area contributed by atoms with Crippen LogP contribution in [-0.4, -0.2) is 35.1 Å². The van der Waals surface area contributed by atoms with E-state index in [4.69, 9.17) is 9.47 Å². The van der Waals surface area contributed by atoms with Gasteiger partial charge in [-0.1, -0.05) is 0 Å². The number of esters is 2. The Bertz CT molecular complexity index is 637. The van der Waals surface area contributed by atoms with Crippen molar-refractivity contribution in [3.8, 4) is 10.6 Å². The molecule has 0 aliphatic heterocycles. The van der Waals surface area contributed by atoms with E-state index in [-0.39, 0.29) is 11.4 Å². The van der Waals surface area contributed by atoms with Crippen molar-refractivity contribution < 1.29 is 19.1 Å². The Morgan fingerprint density at radius 1 is 1.10 bits per heavy atom. The van der Waals surface area contributed by atoms with Gasteiger partial charge in [0.1, 0.15) is 10.7 Å². The first-order chi connectivity index (χ1) is 10.2. The monoisotopic (exact) mass is 306 g/mol. The molecule has 0 amide bonds. The molecule has 0 aromatic carbocycles. The summed E-state index contributed by atoms with van der Waals surface area (Å²) < 4.78 is 9.74. The highest BCUT2D eigenvalue weighted by Gasteiger charge is 2.14. The summed E-state index contributed by atoms with van der Waals surface area (Å²) in [5, 5.41) is 2.27. The van der Waals surface area contributed by atoms with Gasteiger partial charge < -0.3 is 9.47 Å². The maximum absolute atomic E-state index is 11.5. The van der Waals surface area contributed by atoms with E-state index in [9.17, 15) is 9.59 Å². The van der Waals surface area contributed by atoms with E-state index in [0.29, 0.717) is 18.2 Å². The van der Waals surface area contributed by atoms with Crippen molar-refractivity contribution in [2.24, 2.45) is 0 Å². The lowest BCUT2D eigenvalue weighted by Crippen LogP contribution is -2.06. The first-order valence-electron chi connectivity index (χ1n) is 6.41. The molecule has 6 nitrogen and oxygen atoms in total. The predicted molar refractivity (Wildman–Crippen MR) is 77.3 cm³/mol. The van der Waals surface area contributed by atoms with E-state index < -0.39 is 11.9 Å². The van der Waals surface area contributed by atoms with Crippen molar-refractivity contribution in [3.63, 3.8) is 0 Å². The topological polar surface area (TPSA) is 78.4 Å². The highest BCUT2D eigenvalue weighted by atomic mass is 32.1. The number of hydrogen-bond donors (Lipinski definition) is 0. The third kappa shape index (κ3) is 3.63. The molecule has 21 heavy (non-hydrogen) atoms. The molecular weight excluding hydrogens is 292 g/mol. The van der Waals surface area contributed by atoms with Crippen LogP contribution in [0, 0.1) is 0 Å². The largest absolute Gasteiger partial charge is 0.461 e. The molecule has 2 aromatic heterocycles.